The van der Waals surface area contributed by atoms with Gasteiger partial charge in [-0.05, 0) is 23.4 Å². The summed E-state index contributed by atoms with van der Waals surface area (Å²) in [6, 6.07) is 9.51. The predicted molar refractivity (Wildman–Crippen MR) is 82.2 cm³/mol. The highest BCUT2D eigenvalue weighted by atomic mass is 32.1. The third-order valence-electron chi connectivity index (χ3n) is 3.54. The fraction of sp³-hybridized carbons (Fsp3) is 0.250. The molecule has 1 aromatic carbocycles. The Morgan fingerprint density at radius 2 is 1.95 bits per heavy atom. The minimum atomic E-state index is -0.664. The van der Waals surface area contributed by atoms with E-state index in [1.54, 1.807) is 11.3 Å². The molecular formula is C16H16N2O2S. The van der Waals surface area contributed by atoms with E-state index < -0.39 is 6.10 Å². The van der Waals surface area contributed by atoms with Crippen LogP contribution in [0.2, 0.25) is 0 Å². The Kier molecular flexibility index (Phi) is 3.86. The van der Waals surface area contributed by atoms with E-state index in [0.717, 1.165) is 16.7 Å². The molecule has 21 heavy (non-hydrogen) atoms. The van der Waals surface area contributed by atoms with E-state index in [2.05, 4.69) is 10.1 Å². The SMILES string of the molecule is Cc1cscc1-c1noc(C(C)C(O)c2ccccc2)n1. The Hall–Kier alpha value is -1.98. The summed E-state index contributed by atoms with van der Waals surface area (Å²) in [4.78, 5) is 4.43. The van der Waals surface area contributed by atoms with Gasteiger partial charge in [0.1, 0.15) is 0 Å². The number of benzene rings is 1. The highest BCUT2D eigenvalue weighted by molar-refractivity contribution is 7.08. The zero-order chi connectivity index (χ0) is 14.8. The Balaban J connectivity index is 1.85. The molecule has 0 fully saturated rings. The smallest absolute Gasteiger partial charge is 0.232 e. The van der Waals surface area contributed by atoms with E-state index in [-0.39, 0.29) is 5.92 Å². The molecule has 0 saturated carbocycles. The van der Waals surface area contributed by atoms with Crippen LogP contribution in [0, 0.1) is 6.92 Å². The van der Waals surface area contributed by atoms with Crippen molar-refractivity contribution in [1.29, 1.82) is 0 Å². The van der Waals surface area contributed by atoms with Crippen LogP contribution in [0.15, 0.2) is 45.6 Å². The van der Waals surface area contributed by atoms with E-state index in [0.29, 0.717) is 11.7 Å². The number of hydrogen-bond donors (Lipinski definition) is 1. The molecule has 0 aliphatic rings. The van der Waals surface area contributed by atoms with Crippen molar-refractivity contribution in [3.8, 4) is 11.4 Å². The Labute approximate surface area is 127 Å². The van der Waals surface area contributed by atoms with Crippen molar-refractivity contribution in [2.45, 2.75) is 25.9 Å². The Morgan fingerprint density at radius 1 is 1.19 bits per heavy atom. The predicted octanol–water partition coefficient (Wildman–Crippen LogP) is 3.94. The van der Waals surface area contributed by atoms with Crippen LogP contribution in [0.25, 0.3) is 11.4 Å². The number of hydrogen-bond acceptors (Lipinski definition) is 5. The molecule has 0 spiro atoms. The molecule has 3 rings (SSSR count). The second kappa shape index (κ2) is 5.79. The van der Waals surface area contributed by atoms with Gasteiger partial charge in [0.15, 0.2) is 0 Å². The molecule has 4 nitrogen and oxygen atoms in total. The second-order valence-corrected chi connectivity index (χ2v) is 5.81. The molecule has 2 unspecified atom stereocenters. The summed E-state index contributed by atoms with van der Waals surface area (Å²) in [6.45, 7) is 3.90. The maximum absolute atomic E-state index is 10.4. The van der Waals surface area contributed by atoms with Crippen molar-refractivity contribution in [1.82, 2.24) is 10.1 Å². The van der Waals surface area contributed by atoms with Crippen molar-refractivity contribution in [2.24, 2.45) is 0 Å². The van der Waals surface area contributed by atoms with Gasteiger partial charge in [0.2, 0.25) is 11.7 Å². The van der Waals surface area contributed by atoms with E-state index >= 15 is 0 Å². The summed E-state index contributed by atoms with van der Waals surface area (Å²) in [7, 11) is 0. The van der Waals surface area contributed by atoms with Crippen molar-refractivity contribution >= 4 is 11.3 Å². The molecule has 0 amide bonds. The van der Waals surface area contributed by atoms with Crippen molar-refractivity contribution in [2.75, 3.05) is 0 Å². The van der Waals surface area contributed by atoms with Crippen LogP contribution in [0.1, 0.15) is 36.0 Å². The first-order valence-electron chi connectivity index (χ1n) is 6.76. The Bertz CT molecular complexity index is 721. The van der Waals surface area contributed by atoms with Crippen LogP contribution in [-0.2, 0) is 0 Å². The molecule has 5 heteroatoms. The van der Waals surface area contributed by atoms with Crippen LogP contribution in [0.4, 0.5) is 0 Å². The van der Waals surface area contributed by atoms with Crippen LogP contribution in [0.5, 0.6) is 0 Å². The van der Waals surface area contributed by atoms with Gasteiger partial charge < -0.3 is 9.63 Å². The van der Waals surface area contributed by atoms with Gasteiger partial charge in [-0.1, -0.05) is 42.4 Å². The highest BCUT2D eigenvalue weighted by Crippen LogP contribution is 2.31. The van der Waals surface area contributed by atoms with Crippen LogP contribution in [0.3, 0.4) is 0 Å². The first kappa shape index (κ1) is 14.0. The van der Waals surface area contributed by atoms with E-state index in [1.807, 2.05) is 54.9 Å². The molecule has 0 saturated heterocycles. The van der Waals surface area contributed by atoms with E-state index in [9.17, 15) is 5.11 Å². The first-order valence-corrected chi connectivity index (χ1v) is 7.71. The van der Waals surface area contributed by atoms with Gasteiger partial charge in [0.05, 0.1) is 12.0 Å². The quantitative estimate of drug-likeness (QED) is 0.792. The number of thiophene rings is 1. The number of aromatic nitrogens is 2. The zero-order valence-electron chi connectivity index (χ0n) is 11.9. The maximum atomic E-state index is 10.4. The molecule has 1 N–H and O–H groups in total. The van der Waals surface area contributed by atoms with Crippen LogP contribution >= 0.6 is 11.3 Å². The molecule has 0 aliphatic carbocycles. The molecule has 0 aliphatic heterocycles. The second-order valence-electron chi connectivity index (χ2n) is 5.07. The van der Waals surface area contributed by atoms with Gasteiger partial charge in [-0.15, -0.1) is 0 Å². The molecule has 2 heterocycles. The van der Waals surface area contributed by atoms with Gasteiger partial charge in [-0.25, -0.2) is 0 Å². The summed E-state index contributed by atoms with van der Waals surface area (Å²) < 4.78 is 5.33. The summed E-state index contributed by atoms with van der Waals surface area (Å²) >= 11 is 1.61. The Morgan fingerprint density at radius 3 is 2.62 bits per heavy atom. The standard InChI is InChI=1S/C16H16N2O2S/c1-10-8-21-9-13(10)15-17-16(20-18-15)11(2)14(19)12-6-4-3-5-7-12/h3-9,11,14,19H,1-2H3. The minimum Gasteiger partial charge on any atom is -0.388 e. The van der Waals surface area contributed by atoms with Gasteiger partial charge in [-0.3, -0.25) is 0 Å². The number of aliphatic hydroxyl groups excluding tert-OH is 1. The van der Waals surface area contributed by atoms with Gasteiger partial charge in [-0.2, -0.15) is 16.3 Å². The largest absolute Gasteiger partial charge is 0.388 e. The van der Waals surface area contributed by atoms with Crippen molar-refractivity contribution in [3.63, 3.8) is 0 Å². The maximum Gasteiger partial charge on any atom is 0.232 e. The fourth-order valence-electron chi connectivity index (χ4n) is 2.19. The first-order chi connectivity index (χ1) is 10.2. The molecule has 2 atom stereocenters. The van der Waals surface area contributed by atoms with Crippen LogP contribution < -0.4 is 0 Å². The van der Waals surface area contributed by atoms with E-state index in [1.165, 1.54) is 0 Å². The lowest BCUT2D eigenvalue weighted by Gasteiger charge is -2.15. The monoisotopic (exact) mass is 300 g/mol. The van der Waals surface area contributed by atoms with Gasteiger partial charge in [0, 0.05) is 10.9 Å². The topological polar surface area (TPSA) is 59.2 Å². The number of rotatable bonds is 4. The lowest BCUT2D eigenvalue weighted by Crippen LogP contribution is -2.07. The molecule has 0 radical (unpaired) electrons. The number of nitrogens with zero attached hydrogens (tertiary/aromatic N) is 2. The molecular weight excluding hydrogens is 284 g/mol. The van der Waals surface area contributed by atoms with Gasteiger partial charge >= 0.3 is 0 Å². The van der Waals surface area contributed by atoms with Crippen molar-refractivity contribution < 1.29 is 9.63 Å². The summed E-state index contributed by atoms with van der Waals surface area (Å²) in [6.07, 6.45) is -0.664. The van der Waals surface area contributed by atoms with Crippen LogP contribution in [-0.4, -0.2) is 15.2 Å². The molecule has 3 aromatic rings. The normalized spacial score (nSPS) is 14.0. The number of aryl methyl sites for hydroxylation is 1. The summed E-state index contributed by atoms with van der Waals surface area (Å²) in [5.41, 5.74) is 2.96. The molecule has 108 valence electrons. The minimum absolute atomic E-state index is 0.257. The molecule has 2 aromatic heterocycles. The third-order valence-corrected chi connectivity index (χ3v) is 4.40. The lowest BCUT2D eigenvalue weighted by atomic mass is 9.97. The van der Waals surface area contributed by atoms with E-state index in [4.69, 9.17) is 4.52 Å². The summed E-state index contributed by atoms with van der Waals surface area (Å²) in [5.74, 6) is 0.774. The average molecular weight is 300 g/mol. The average Bonchev–Trinajstić information content (AvgIpc) is 3.15. The summed E-state index contributed by atoms with van der Waals surface area (Å²) in [5, 5.41) is 18.5. The zero-order valence-corrected chi connectivity index (χ0v) is 12.7. The third kappa shape index (κ3) is 2.75. The lowest BCUT2D eigenvalue weighted by molar-refractivity contribution is 0.135. The van der Waals surface area contributed by atoms with Crippen molar-refractivity contribution in [3.05, 3.63) is 58.1 Å². The fourth-order valence-corrected chi connectivity index (χ4v) is 3.02. The molecule has 0 bridgehead atoms. The van der Waals surface area contributed by atoms with Gasteiger partial charge in [0.25, 0.3) is 0 Å². The highest BCUT2D eigenvalue weighted by Gasteiger charge is 2.24. The number of aliphatic hydroxyl groups is 1.